The predicted octanol–water partition coefficient (Wildman–Crippen LogP) is 0.134. The molecule has 1 saturated heterocycles. The lowest BCUT2D eigenvalue weighted by molar-refractivity contribution is -0.158. The molecule has 140 valence electrons. The Labute approximate surface area is 147 Å². The largest absolute Gasteiger partial charge is 0.462 e. The summed E-state index contributed by atoms with van der Waals surface area (Å²) in [6, 6.07) is 0. The smallest absolute Gasteiger partial charge is 0.332 e. The third kappa shape index (κ3) is 3.20. The Morgan fingerprint density at radius 1 is 1.36 bits per heavy atom. The Hall–Kier alpha value is -1.45. The van der Waals surface area contributed by atoms with E-state index >= 15 is 0 Å². The lowest BCUT2D eigenvalue weighted by Crippen LogP contribution is -2.46. The van der Waals surface area contributed by atoms with Crippen molar-refractivity contribution in [3.63, 3.8) is 0 Å². The molecule has 2 aliphatic carbocycles. The van der Waals surface area contributed by atoms with E-state index in [0.717, 1.165) is 6.42 Å². The molecule has 5 unspecified atom stereocenters. The van der Waals surface area contributed by atoms with Crippen molar-refractivity contribution in [2.45, 2.75) is 43.6 Å². The molecule has 2 bridgehead atoms. The molecule has 0 aromatic heterocycles. The summed E-state index contributed by atoms with van der Waals surface area (Å²) in [4.78, 5) is 23.1. The quantitative estimate of drug-likeness (QED) is 0.292. The molecule has 1 aliphatic heterocycles. The summed E-state index contributed by atoms with van der Waals surface area (Å²) >= 11 is 0. The summed E-state index contributed by atoms with van der Waals surface area (Å²) < 4.78 is 40.1. The van der Waals surface area contributed by atoms with Gasteiger partial charge in [-0.15, -0.1) is 0 Å². The number of ether oxygens (including phenoxy) is 2. The molecule has 0 aromatic rings. The summed E-state index contributed by atoms with van der Waals surface area (Å²) in [5, 5.41) is 2.11. The summed E-state index contributed by atoms with van der Waals surface area (Å²) in [7, 11) is -3.54. The Morgan fingerprint density at radius 2 is 2.08 bits per heavy atom. The number of nitrogens with one attached hydrogen (secondary N) is 1. The van der Waals surface area contributed by atoms with Gasteiger partial charge in [-0.3, -0.25) is 8.98 Å². The molecule has 9 heteroatoms. The molecule has 0 aromatic carbocycles. The fraction of sp³-hybridized carbons (Fsp3) is 0.750. The number of carbonyl (C=O) groups excluding carboxylic acids is 2. The second-order valence-electron chi connectivity index (χ2n) is 7.12. The SMILES string of the molecule is C=C(C)C(=O)NCCOC(=O)COC1C2CC3C(C2)S(=O)(=O)OC31C. The van der Waals surface area contributed by atoms with Gasteiger partial charge in [0.25, 0.3) is 10.1 Å². The van der Waals surface area contributed by atoms with Gasteiger partial charge in [-0.25, -0.2) is 4.79 Å². The third-order valence-corrected chi connectivity index (χ3v) is 7.21. The van der Waals surface area contributed by atoms with Crippen molar-refractivity contribution in [1.82, 2.24) is 5.32 Å². The first-order valence-electron chi connectivity index (χ1n) is 8.30. The van der Waals surface area contributed by atoms with Gasteiger partial charge in [0, 0.05) is 11.5 Å². The summed E-state index contributed by atoms with van der Waals surface area (Å²) in [5.74, 6) is -0.842. The number of carbonyl (C=O) groups is 2. The van der Waals surface area contributed by atoms with Gasteiger partial charge in [0.1, 0.15) is 18.8 Å². The molecule has 0 radical (unpaired) electrons. The Bertz CT molecular complexity index is 703. The zero-order valence-electron chi connectivity index (χ0n) is 14.3. The van der Waals surface area contributed by atoms with Crippen LogP contribution in [0.25, 0.3) is 0 Å². The Kier molecular flexibility index (Phi) is 4.67. The molecule has 3 rings (SSSR count). The van der Waals surface area contributed by atoms with E-state index in [1.54, 1.807) is 13.8 Å². The van der Waals surface area contributed by atoms with Crippen LogP contribution in [0.1, 0.15) is 26.7 Å². The number of hydrogen-bond acceptors (Lipinski definition) is 7. The third-order valence-electron chi connectivity index (χ3n) is 5.36. The van der Waals surface area contributed by atoms with Crippen LogP contribution in [-0.4, -0.2) is 57.0 Å². The minimum atomic E-state index is -3.54. The fourth-order valence-corrected chi connectivity index (χ4v) is 6.40. The van der Waals surface area contributed by atoms with Crippen molar-refractivity contribution in [3.05, 3.63) is 12.2 Å². The number of hydrogen-bond donors (Lipinski definition) is 1. The van der Waals surface area contributed by atoms with Gasteiger partial charge in [-0.05, 0) is 32.6 Å². The number of amides is 1. The molecule has 3 fully saturated rings. The van der Waals surface area contributed by atoms with Crippen LogP contribution in [0.2, 0.25) is 0 Å². The first-order valence-corrected chi connectivity index (χ1v) is 9.77. The molecule has 3 aliphatic rings. The maximum absolute atomic E-state index is 12.0. The Morgan fingerprint density at radius 3 is 2.76 bits per heavy atom. The van der Waals surface area contributed by atoms with Crippen molar-refractivity contribution in [2.75, 3.05) is 19.8 Å². The van der Waals surface area contributed by atoms with Crippen LogP contribution in [0.5, 0.6) is 0 Å². The van der Waals surface area contributed by atoms with E-state index in [4.69, 9.17) is 13.7 Å². The summed E-state index contributed by atoms with van der Waals surface area (Å²) in [6.07, 6.45) is 0.837. The van der Waals surface area contributed by atoms with E-state index in [1.165, 1.54) is 0 Å². The minimum Gasteiger partial charge on any atom is -0.462 e. The highest BCUT2D eigenvalue weighted by atomic mass is 32.2. The van der Waals surface area contributed by atoms with Gasteiger partial charge in [0.15, 0.2) is 0 Å². The molecule has 25 heavy (non-hydrogen) atoms. The molecule has 0 spiro atoms. The maximum Gasteiger partial charge on any atom is 0.332 e. The van der Waals surface area contributed by atoms with Gasteiger partial charge in [0.2, 0.25) is 5.91 Å². The van der Waals surface area contributed by atoms with Crippen LogP contribution < -0.4 is 5.32 Å². The molecule has 1 N–H and O–H groups in total. The monoisotopic (exact) mass is 373 g/mol. The first kappa shape index (κ1) is 18.3. The van der Waals surface area contributed by atoms with E-state index in [1.807, 2.05) is 0 Å². The molecular formula is C16H23NO7S. The van der Waals surface area contributed by atoms with Crippen molar-refractivity contribution >= 4 is 22.0 Å². The molecular weight excluding hydrogens is 350 g/mol. The Balaban J connectivity index is 1.45. The second-order valence-corrected chi connectivity index (χ2v) is 8.88. The topological polar surface area (TPSA) is 108 Å². The van der Waals surface area contributed by atoms with E-state index in [2.05, 4.69) is 11.9 Å². The van der Waals surface area contributed by atoms with Crippen molar-refractivity contribution < 1.29 is 31.7 Å². The number of esters is 1. The van der Waals surface area contributed by atoms with Crippen LogP contribution >= 0.6 is 0 Å². The predicted molar refractivity (Wildman–Crippen MR) is 86.9 cm³/mol. The second kappa shape index (κ2) is 6.37. The molecule has 1 amide bonds. The van der Waals surface area contributed by atoms with Crippen molar-refractivity contribution in [3.8, 4) is 0 Å². The van der Waals surface area contributed by atoms with E-state index < -0.39 is 33.0 Å². The first-order chi connectivity index (χ1) is 11.6. The van der Waals surface area contributed by atoms with Gasteiger partial charge in [0.05, 0.1) is 17.9 Å². The molecule has 8 nitrogen and oxygen atoms in total. The van der Waals surface area contributed by atoms with Crippen LogP contribution in [0.15, 0.2) is 12.2 Å². The fourth-order valence-electron chi connectivity index (χ4n) is 4.29. The average Bonchev–Trinajstić information content (AvgIpc) is 3.09. The lowest BCUT2D eigenvalue weighted by Gasteiger charge is -2.33. The normalized spacial score (nSPS) is 37.0. The molecule has 1 heterocycles. The summed E-state index contributed by atoms with van der Waals surface area (Å²) in [5.41, 5.74) is -0.508. The lowest BCUT2D eigenvalue weighted by atomic mass is 9.83. The highest BCUT2D eigenvalue weighted by molar-refractivity contribution is 7.87. The van der Waals surface area contributed by atoms with Crippen molar-refractivity contribution in [2.24, 2.45) is 11.8 Å². The van der Waals surface area contributed by atoms with E-state index in [9.17, 15) is 18.0 Å². The molecule has 2 saturated carbocycles. The summed E-state index contributed by atoms with van der Waals surface area (Å²) in [6.45, 7) is 6.78. The maximum atomic E-state index is 12.0. The number of rotatable bonds is 7. The van der Waals surface area contributed by atoms with Crippen molar-refractivity contribution in [1.29, 1.82) is 0 Å². The van der Waals surface area contributed by atoms with Gasteiger partial charge < -0.3 is 14.8 Å². The van der Waals surface area contributed by atoms with Crippen LogP contribution in [0.4, 0.5) is 0 Å². The van der Waals surface area contributed by atoms with Gasteiger partial charge >= 0.3 is 5.97 Å². The highest BCUT2D eigenvalue weighted by Crippen LogP contribution is 2.61. The van der Waals surface area contributed by atoms with Crippen LogP contribution in [-0.2, 0) is 33.4 Å². The van der Waals surface area contributed by atoms with Gasteiger partial charge in [-0.2, -0.15) is 8.42 Å². The van der Waals surface area contributed by atoms with E-state index in [0.29, 0.717) is 12.0 Å². The zero-order chi connectivity index (χ0) is 18.4. The zero-order valence-corrected chi connectivity index (χ0v) is 15.1. The number of fused-ring (bicyclic) bond motifs is 1. The van der Waals surface area contributed by atoms with E-state index in [-0.39, 0.29) is 37.5 Å². The standard InChI is InChI=1S/C16H23NO7S/c1-9(2)15(19)17-4-5-22-13(18)8-23-14-10-6-11-12(7-10)25(20,21)24-16(11,14)3/h10-12,14H,1,4-8H2,2-3H3,(H,17,19). The molecule has 5 atom stereocenters. The van der Waals surface area contributed by atoms with Gasteiger partial charge in [-0.1, -0.05) is 6.58 Å². The average molecular weight is 373 g/mol. The highest BCUT2D eigenvalue weighted by Gasteiger charge is 2.71. The van der Waals surface area contributed by atoms with Crippen LogP contribution in [0, 0.1) is 11.8 Å². The minimum absolute atomic E-state index is 0.0299. The van der Waals surface area contributed by atoms with Crippen LogP contribution in [0.3, 0.4) is 0 Å².